The summed E-state index contributed by atoms with van der Waals surface area (Å²) in [5, 5.41) is 15.6. The lowest BCUT2D eigenvalue weighted by Crippen LogP contribution is -2.44. The van der Waals surface area contributed by atoms with E-state index in [2.05, 4.69) is 82.3 Å². The minimum Gasteiger partial charge on any atom is -0.466 e. The van der Waals surface area contributed by atoms with E-state index in [0.717, 1.165) is 44.5 Å². The lowest BCUT2D eigenvalue weighted by molar-refractivity contribution is -0.136. The predicted octanol–water partition coefficient (Wildman–Crippen LogP) is 5.55. The second-order valence-corrected chi connectivity index (χ2v) is 11.6. The van der Waals surface area contributed by atoms with Gasteiger partial charge in [0.05, 0.1) is 30.2 Å². The summed E-state index contributed by atoms with van der Waals surface area (Å²) in [5.74, 6) is -1.32. The van der Waals surface area contributed by atoms with Crippen molar-refractivity contribution >= 4 is 11.9 Å². The Morgan fingerprint density at radius 3 is 2.02 bits per heavy atom. The maximum absolute atomic E-state index is 13.7. The molecule has 1 unspecified atom stereocenters. The van der Waals surface area contributed by atoms with E-state index in [4.69, 9.17) is 4.74 Å². The Hall–Kier alpha value is -4.67. The molecule has 0 bridgehead atoms. The van der Waals surface area contributed by atoms with Gasteiger partial charge in [-0.3, -0.25) is 4.79 Å². The number of hydrogen-bond donors (Lipinski definition) is 2. The second kappa shape index (κ2) is 13.7. The molecule has 3 aromatic carbocycles. The van der Waals surface area contributed by atoms with Crippen molar-refractivity contribution in [2.45, 2.75) is 44.4 Å². The quantitative estimate of drug-likeness (QED) is 0.251. The number of carbonyl (C=O) groups excluding carboxylic acids is 2. The number of likely N-dealkylation sites (tertiary alicyclic amines) is 1. The van der Waals surface area contributed by atoms with Crippen LogP contribution >= 0.6 is 0 Å². The van der Waals surface area contributed by atoms with Gasteiger partial charge in [0.15, 0.2) is 0 Å². The number of benzene rings is 3. The van der Waals surface area contributed by atoms with Crippen molar-refractivity contribution in [1.82, 2.24) is 15.5 Å². The van der Waals surface area contributed by atoms with E-state index in [9.17, 15) is 14.9 Å². The fourth-order valence-electron chi connectivity index (χ4n) is 6.78. The highest BCUT2D eigenvalue weighted by Crippen LogP contribution is 2.42. The van der Waals surface area contributed by atoms with E-state index in [-0.39, 0.29) is 11.3 Å². The summed E-state index contributed by atoms with van der Waals surface area (Å²) in [6, 6.07) is 30.8. The molecular weight excluding hydrogens is 548 g/mol. The number of carbonyl (C=O) groups is 2. The summed E-state index contributed by atoms with van der Waals surface area (Å²) in [6.07, 6.45) is 2.90. The minimum atomic E-state index is -0.609. The normalized spacial score (nSPS) is 18.3. The molecule has 7 nitrogen and oxygen atoms in total. The van der Waals surface area contributed by atoms with Crippen LogP contribution in [0.25, 0.3) is 0 Å². The number of esters is 1. The second-order valence-electron chi connectivity index (χ2n) is 11.6. The lowest BCUT2D eigenvalue weighted by Gasteiger charge is -2.43. The van der Waals surface area contributed by atoms with Crippen LogP contribution in [0.2, 0.25) is 0 Å². The van der Waals surface area contributed by atoms with Crippen LogP contribution in [0, 0.1) is 11.3 Å². The maximum Gasteiger partial charge on any atom is 0.336 e. The largest absolute Gasteiger partial charge is 0.466 e. The number of ether oxygens (including phenoxy) is 1. The topological polar surface area (TPSA) is 94.5 Å². The fourth-order valence-corrected chi connectivity index (χ4v) is 6.78. The number of piperidine rings is 1. The number of rotatable bonds is 9. The number of allylic oxidation sites excluding steroid dienone is 2. The average Bonchev–Trinajstić information content (AvgIpc) is 3.07. The molecular formula is C37H40N4O3. The van der Waals surface area contributed by atoms with Gasteiger partial charge in [0, 0.05) is 28.9 Å². The van der Waals surface area contributed by atoms with E-state index >= 15 is 0 Å². The zero-order valence-corrected chi connectivity index (χ0v) is 25.7. The Bertz CT molecular complexity index is 1540. The van der Waals surface area contributed by atoms with Gasteiger partial charge in [-0.05, 0) is 81.6 Å². The molecule has 0 aliphatic carbocycles. The first-order valence-corrected chi connectivity index (χ1v) is 15.3. The van der Waals surface area contributed by atoms with Gasteiger partial charge in [0.25, 0.3) is 0 Å². The van der Waals surface area contributed by atoms with Crippen LogP contribution < -0.4 is 10.6 Å². The third-order valence-electron chi connectivity index (χ3n) is 9.08. The Morgan fingerprint density at radius 1 is 0.909 bits per heavy atom. The molecule has 2 aliphatic heterocycles. The third kappa shape index (κ3) is 6.31. The predicted molar refractivity (Wildman–Crippen MR) is 171 cm³/mol. The Morgan fingerprint density at radius 2 is 1.48 bits per heavy atom. The molecule has 0 spiro atoms. The van der Waals surface area contributed by atoms with Crippen molar-refractivity contribution in [1.29, 1.82) is 5.26 Å². The monoisotopic (exact) mass is 588 g/mol. The van der Waals surface area contributed by atoms with Gasteiger partial charge in [-0.15, -0.1) is 0 Å². The number of methoxy groups -OCH3 is 1. The highest BCUT2D eigenvalue weighted by Gasteiger charge is 2.38. The molecule has 1 fully saturated rings. The van der Waals surface area contributed by atoms with Crippen molar-refractivity contribution in [2.75, 3.05) is 33.3 Å². The number of nitrogens with zero attached hydrogens (tertiary/aromatic N) is 2. The summed E-state index contributed by atoms with van der Waals surface area (Å²) in [4.78, 5) is 29.1. The molecule has 5 rings (SSSR count). The number of hydrogen-bond acceptors (Lipinski definition) is 6. The van der Waals surface area contributed by atoms with E-state index in [0.29, 0.717) is 34.6 Å². The van der Waals surface area contributed by atoms with E-state index in [1.165, 1.54) is 18.2 Å². The number of dihydropyridines is 1. The number of nitriles is 1. The van der Waals surface area contributed by atoms with Crippen LogP contribution in [0.15, 0.2) is 107 Å². The van der Waals surface area contributed by atoms with Crippen molar-refractivity contribution in [2.24, 2.45) is 0 Å². The molecule has 2 N–H and O–H groups in total. The van der Waals surface area contributed by atoms with Crippen LogP contribution in [0.4, 0.5) is 0 Å². The molecule has 1 atom stereocenters. The lowest BCUT2D eigenvalue weighted by atomic mass is 9.68. The van der Waals surface area contributed by atoms with Crippen LogP contribution in [0.3, 0.4) is 0 Å². The van der Waals surface area contributed by atoms with E-state index in [1.807, 2.05) is 13.8 Å². The molecule has 1 amide bonds. The summed E-state index contributed by atoms with van der Waals surface area (Å²) in [7, 11) is 1.34. The number of nitrogens with one attached hydrogen (secondary N) is 2. The van der Waals surface area contributed by atoms with Crippen LogP contribution in [-0.2, 0) is 19.7 Å². The first-order chi connectivity index (χ1) is 21.4. The molecule has 44 heavy (non-hydrogen) atoms. The zero-order chi connectivity index (χ0) is 31.1. The molecule has 1 saturated heterocycles. The number of amides is 1. The minimum absolute atomic E-state index is 0.00860. The Labute approximate surface area is 260 Å². The van der Waals surface area contributed by atoms with Gasteiger partial charge in [0.1, 0.15) is 0 Å². The molecule has 226 valence electrons. The van der Waals surface area contributed by atoms with Gasteiger partial charge in [-0.25, -0.2) is 4.79 Å². The van der Waals surface area contributed by atoms with Gasteiger partial charge >= 0.3 is 5.97 Å². The summed E-state index contributed by atoms with van der Waals surface area (Å²) in [5.41, 5.74) is 6.22. The van der Waals surface area contributed by atoms with Crippen molar-refractivity contribution in [3.8, 4) is 6.07 Å². The molecule has 0 aromatic heterocycles. The van der Waals surface area contributed by atoms with E-state index in [1.54, 1.807) is 24.3 Å². The molecule has 2 heterocycles. The first-order valence-electron chi connectivity index (χ1n) is 15.3. The van der Waals surface area contributed by atoms with Gasteiger partial charge < -0.3 is 20.3 Å². The first kappa shape index (κ1) is 30.8. The van der Waals surface area contributed by atoms with E-state index < -0.39 is 11.9 Å². The van der Waals surface area contributed by atoms with Crippen molar-refractivity contribution < 1.29 is 14.3 Å². The van der Waals surface area contributed by atoms with Gasteiger partial charge in [0.2, 0.25) is 5.91 Å². The van der Waals surface area contributed by atoms with Gasteiger partial charge in [-0.2, -0.15) is 5.26 Å². The SMILES string of the molecule is COC(=O)C1=C(C)NC(C)=C(C(=O)NCCCN2CCC(c3ccccc3)(c3ccccc3)CC2)C1c1ccc(C#N)cc1. The third-order valence-corrected chi connectivity index (χ3v) is 9.08. The molecule has 0 saturated carbocycles. The molecule has 7 heteroatoms. The van der Waals surface area contributed by atoms with Gasteiger partial charge in [-0.1, -0.05) is 72.8 Å². The Kier molecular flexibility index (Phi) is 9.62. The summed E-state index contributed by atoms with van der Waals surface area (Å²) < 4.78 is 5.11. The maximum atomic E-state index is 13.7. The molecule has 0 radical (unpaired) electrons. The smallest absolute Gasteiger partial charge is 0.336 e. The van der Waals surface area contributed by atoms with Crippen LogP contribution in [0.1, 0.15) is 61.3 Å². The van der Waals surface area contributed by atoms with Crippen LogP contribution in [-0.4, -0.2) is 50.1 Å². The summed E-state index contributed by atoms with van der Waals surface area (Å²) >= 11 is 0. The standard InChI is InChI=1S/C37H40N4O3/c1-26-32(34(29-17-15-28(25-38)16-18-29)33(27(2)40-26)36(43)44-3)35(42)39-21-10-22-41-23-19-37(20-24-41,30-11-6-4-7-12-30)31-13-8-5-9-14-31/h4-9,11-18,34,40H,10,19-24H2,1-3H3,(H,39,42). The Balaban J connectivity index is 1.23. The summed E-state index contributed by atoms with van der Waals surface area (Å²) in [6.45, 7) is 7.04. The molecule has 3 aromatic rings. The highest BCUT2D eigenvalue weighted by atomic mass is 16.5. The van der Waals surface area contributed by atoms with Crippen LogP contribution in [0.5, 0.6) is 0 Å². The average molecular weight is 589 g/mol. The zero-order valence-electron chi connectivity index (χ0n) is 25.7. The van der Waals surface area contributed by atoms with Crippen molar-refractivity contribution in [3.05, 3.63) is 130 Å². The van der Waals surface area contributed by atoms with Crippen molar-refractivity contribution in [3.63, 3.8) is 0 Å². The molecule has 2 aliphatic rings. The fraction of sp³-hybridized carbons (Fsp3) is 0.324. The highest BCUT2D eigenvalue weighted by molar-refractivity contribution is 6.02.